The van der Waals surface area contributed by atoms with Crippen LogP contribution in [0.5, 0.6) is 0 Å². The van der Waals surface area contributed by atoms with Gasteiger partial charge in [-0.3, -0.25) is 4.79 Å². The number of nitrogens with one attached hydrogen (secondary N) is 1. The second-order valence-electron chi connectivity index (χ2n) is 7.60. The van der Waals surface area contributed by atoms with Crippen LogP contribution in [0.2, 0.25) is 0 Å². The molecule has 1 aliphatic heterocycles. The minimum atomic E-state index is -0.354. The first-order valence-electron chi connectivity index (χ1n) is 10.3. The van der Waals surface area contributed by atoms with Crippen molar-refractivity contribution in [1.29, 1.82) is 5.26 Å². The molecular formula is C25H25N3O2. The molecule has 5 heteroatoms. The fraction of sp³-hybridized carbons (Fsp3) is 0.280. The number of aromatic nitrogens is 1. The van der Waals surface area contributed by atoms with E-state index < -0.39 is 0 Å². The third-order valence-corrected chi connectivity index (χ3v) is 5.63. The van der Waals surface area contributed by atoms with Crippen LogP contribution in [0.25, 0.3) is 17.0 Å². The number of hydrogen-bond donors (Lipinski definition) is 1. The van der Waals surface area contributed by atoms with Crippen molar-refractivity contribution in [3.8, 4) is 6.07 Å². The van der Waals surface area contributed by atoms with Gasteiger partial charge in [0.2, 0.25) is 0 Å². The Bertz CT molecular complexity index is 1120. The number of carbonyl (C=O) groups is 1. The molecule has 2 aromatic carbocycles. The maximum atomic E-state index is 12.6. The molecule has 30 heavy (non-hydrogen) atoms. The fourth-order valence-electron chi connectivity index (χ4n) is 4.01. The summed E-state index contributed by atoms with van der Waals surface area (Å²) in [6.07, 6.45) is 3.72. The van der Waals surface area contributed by atoms with Crippen molar-refractivity contribution in [3.05, 3.63) is 77.0 Å². The van der Waals surface area contributed by atoms with Gasteiger partial charge >= 0.3 is 0 Å². The lowest BCUT2D eigenvalue weighted by Crippen LogP contribution is -2.32. The Hall–Kier alpha value is -3.36. The van der Waals surface area contributed by atoms with Crippen LogP contribution in [-0.4, -0.2) is 29.7 Å². The van der Waals surface area contributed by atoms with Gasteiger partial charge < -0.3 is 14.6 Å². The van der Waals surface area contributed by atoms with Crippen LogP contribution >= 0.6 is 0 Å². The molecule has 1 unspecified atom stereocenters. The number of amides is 1. The number of carbonyl (C=O) groups excluding carboxylic acids is 1. The minimum absolute atomic E-state index is 0.0448. The van der Waals surface area contributed by atoms with E-state index in [4.69, 9.17) is 4.74 Å². The molecule has 0 spiro atoms. The van der Waals surface area contributed by atoms with Crippen LogP contribution in [0.15, 0.2) is 60.2 Å². The van der Waals surface area contributed by atoms with Gasteiger partial charge in [0, 0.05) is 41.9 Å². The molecule has 1 atom stereocenters. The van der Waals surface area contributed by atoms with E-state index in [1.165, 1.54) is 5.56 Å². The van der Waals surface area contributed by atoms with Gasteiger partial charge in [-0.25, -0.2) is 0 Å². The molecule has 3 aromatic rings. The predicted octanol–water partition coefficient (Wildman–Crippen LogP) is 4.20. The summed E-state index contributed by atoms with van der Waals surface area (Å²) >= 11 is 0. The molecule has 0 aliphatic carbocycles. The lowest BCUT2D eigenvalue weighted by atomic mass is 10.1. The van der Waals surface area contributed by atoms with Crippen LogP contribution < -0.4 is 5.32 Å². The second kappa shape index (κ2) is 8.98. The lowest BCUT2D eigenvalue weighted by molar-refractivity contribution is -0.117. The number of ether oxygens (including phenoxy) is 1. The van der Waals surface area contributed by atoms with Crippen molar-refractivity contribution in [3.63, 3.8) is 0 Å². The average molecular weight is 399 g/mol. The molecule has 1 N–H and O–H groups in total. The summed E-state index contributed by atoms with van der Waals surface area (Å²) in [5.74, 6) is -0.354. The summed E-state index contributed by atoms with van der Waals surface area (Å²) < 4.78 is 7.78. The van der Waals surface area contributed by atoms with Crippen molar-refractivity contribution in [2.45, 2.75) is 32.4 Å². The van der Waals surface area contributed by atoms with E-state index in [2.05, 4.69) is 34.2 Å². The van der Waals surface area contributed by atoms with Crippen LogP contribution in [0.3, 0.4) is 0 Å². The average Bonchev–Trinajstić information content (AvgIpc) is 3.39. The molecule has 1 aliphatic rings. The molecule has 0 bridgehead atoms. The monoisotopic (exact) mass is 399 g/mol. The molecule has 1 amide bonds. The van der Waals surface area contributed by atoms with Crippen LogP contribution in [0, 0.1) is 18.3 Å². The first-order valence-corrected chi connectivity index (χ1v) is 10.3. The normalized spacial score (nSPS) is 16.5. The van der Waals surface area contributed by atoms with Crippen LogP contribution in [0.4, 0.5) is 0 Å². The van der Waals surface area contributed by atoms with E-state index in [0.717, 1.165) is 48.2 Å². The van der Waals surface area contributed by atoms with Crippen LogP contribution in [0.1, 0.15) is 29.7 Å². The molecule has 1 fully saturated rings. The number of benzene rings is 2. The van der Waals surface area contributed by atoms with E-state index in [-0.39, 0.29) is 17.6 Å². The zero-order valence-corrected chi connectivity index (χ0v) is 17.1. The first-order chi connectivity index (χ1) is 14.7. The zero-order valence-electron chi connectivity index (χ0n) is 17.1. The van der Waals surface area contributed by atoms with Crippen LogP contribution in [-0.2, 0) is 16.1 Å². The topological polar surface area (TPSA) is 67.1 Å². The molecule has 1 aromatic heterocycles. The maximum Gasteiger partial charge on any atom is 0.262 e. The predicted molar refractivity (Wildman–Crippen MR) is 118 cm³/mol. The molecule has 5 nitrogen and oxygen atoms in total. The third kappa shape index (κ3) is 4.14. The smallest absolute Gasteiger partial charge is 0.262 e. The van der Waals surface area contributed by atoms with Gasteiger partial charge in [0.15, 0.2) is 0 Å². The van der Waals surface area contributed by atoms with Gasteiger partial charge in [0.25, 0.3) is 5.91 Å². The third-order valence-electron chi connectivity index (χ3n) is 5.63. The van der Waals surface area contributed by atoms with Crippen molar-refractivity contribution in [1.82, 2.24) is 9.88 Å². The van der Waals surface area contributed by atoms with E-state index in [9.17, 15) is 10.1 Å². The summed E-state index contributed by atoms with van der Waals surface area (Å²) in [7, 11) is 0. The second-order valence-corrected chi connectivity index (χ2v) is 7.60. The molecule has 0 radical (unpaired) electrons. The SMILES string of the molecule is Cc1c(/C=C(/C#N)C(=O)NCC2CCCO2)c2ccccc2n1Cc1ccccc1. The highest BCUT2D eigenvalue weighted by Crippen LogP contribution is 2.29. The quantitative estimate of drug-likeness (QED) is 0.499. The largest absolute Gasteiger partial charge is 0.376 e. The standard InChI is InChI=1S/C25H25N3O2/c1-18-23(14-20(15-26)25(29)27-16-21-10-7-13-30-21)22-11-5-6-12-24(22)28(18)17-19-8-3-2-4-9-19/h2-6,8-9,11-12,14,21H,7,10,13,16-17H2,1H3,(H,27,29)/b20-14-. The summed E-state index contributed by atoms with van der Waals surface area (Å²) in [6, 6.07) is 20.4. The summed E-state index contributed by atoms with van der Waals surface area (Å²) in [5.41, 5.74) is 4.33. The van der Waals surface area contributed by atoms with Gasteiger partial charge in [-0.2, -0.15) is 5.26 Å². The molecule has 2 heterocycles. The van der Waals surface area contributed by atoms with Gasteiger partial charge in [-0.1, -0.05) is 48.5 Å². The molecule has 1 saturated heterocycles. The number of para-hydroxylation sites is 1. The number of nitriles is 1. The highest BCUT2D eigenvalue weighted by atomic mass is 16.5. The Morgan fingerprint density at radius 2 is 2.00 bits per heavy atom. The zero-order chi connectivity index (χ0) is 20.9. The highest BCUT2D eigenvalue weighted by molar-refractivity contribution is 6.04. The first kappa shape index (κ1) is 19.9. The van der Waals surface area contributed by atoms with Gasteiger partial charge in [-0.05, 0) is 37.5 Å². The molecule has 152 valence electrons. The number of nitrogens with zero attached hydrogens (tertiary/aromatic N) is 2. The van der Waals surface area contributed by atoms with E-state index in [1.54, 1.807) is 6.08 Å². The van der Waals surface area contributed by atoms with Crippen molar-refractivity contribution in [2.24, 2.45) is 0 Å². The summed E-state index contributed by atoms with van der Waals surface area (Å²) in [4.78, 5) is 12.6. The minimum Gasteiger partial charge on any atom is -0.376 e. The van der Waals surface area contributed by atoms with Gasteiger partial charge in [0.05, 0.1) is 6.10 Å². The Labute approximate surface area is 176 Å². The van der Waals surface area contributed by atoms with E-state index in [1.807, 2.05) is 43.3 Å². The summed E-state index contributed by atoms with van der Waals surface area (Å²) in [6.45, 7) is 3.94. The van der Waals surface area contributed by atoms with E-state index in [0.29, 0.717) is 6.54 Å². The Kier molecular flexibility index (Phi) is 5.97. The van der Waals surface area contributed by atoms with Gasteiger partial charge in [0.1, 0.15) is 11.6 Å². The maximum absolute atomic E-state index is 12.6. The number of fused-ring (bicyclic) bond motifs is 1. The lowest BCUT2D eigenvalue weighted by Gasteiger charge is -2.10. The Balaban J connectivity index is 1.66. The fourth-order valence-corrected chi connectivity index (χ4v) is 4.01. The van der Waals surface area contributed by atoms with Gasteiger partial charge in [-0.15, -0.1) is 0 Å². The number of hydrogen-bond acceptors (Lipinski definition) is 3. The number of rotatable bonds is 6. The molecular weight excluding hydrogens is 374 g/mol. The van der Waals surface area contributed by atoms with Crippen molar-refractivity contribution < 1.29 is 9.53 Å². The Morgan fingerprint density at radius 3 is 2.73 bits per heavy atom. The molecule has 4 rings (SSSR count). The highest BCUT2D eigenvalue weighted by Gasteiger charge is 2.19. The molecule has 0 saturated carbocycles. The summed E-state index contributed by atoms with van der Waals surface area (Å²) in [5, 5.41) is 13.5. The Morgan fingerprint density at radius 1 is 1.23 bits per heavy atom. The van der Waals surface area contributed by atoms with E-state index >= 15 is 0 Å². The van der Waals surface area contributed by atoms with Crippen molar-refractivity contribution in [2.75, 3.05) is 13.2 Å². The van der Waals surface area contributed by atoms with Crippen molar-refractivity contribution >= 4 is 22.9 Å².